The van der Waals surface area contributed by atoms with Crippen LogP contribution in [-0.2, 0) is 42.8 Å². The van der Waals surface area contributed by atoms with Crippen LogP contribution in [0.4, 0.5) is 0 Å². The van der Waals surface area contributed by atoms with Crippen LogP contribution in [0.1, 0.15) is 89.9 Å². The van der Waals surface area contributed by atoms with E-state index in [-0.39, 0.29) is 42.0 Å². The Labute approximate surface area is 251 Å². The lowest BCUT2D eigenvalue weighted by Gasteiger charge is -2.31. The van der Waals surface area contributed by atoms with E-state index in [9.17, 15) is 14.4 Å². The molecule has 0 saturated heterocycles. The minimum absolute atomic E-state index is 0.0576. The van der Waals surface area contributed by atoms with Gasteiger partial charge in [-0.25, -0.2) is 4.79 Å². The van der Waals surface area contributed by atoms with Gasteiger partial charge < -0.3 is 28.4 Å². The standard InChI is InChI=1S/C33H52O9/c1-3-31(34)40-23-25-7-9-26(10-8-25)24-41-32(35)27-13-17-30(18-14-27)42-33(36)28-11-15-29(16-12-28)39-22-6-21-38-20-5-19-37-4-2/h3-4,25-30H,1-2,5-24H2. The molecule has 0 unspecified atom stereocenters. The number of carbonyl (C=O) groups is 3. The number of hydrogen-bond donors (Lipinski definition) is 0. The molecule has 0 atom stereocenters. The van der Waals surface area contributed by atoms with Gasteiger partial charge in [0.25, 0.3) is 0 Å². The summed E-state index contributed by atoms with van der Waals surface area (Å²) < 4.78 is 33.3. The summed E-state index contributed by atoms with van der Waals surface area (Å²) in [5, 5.41) is 0. The molecule has 3 aliphatic rings. The molecule has 9 nitrogen and oxygen atoms in total. The quantitative estimate of drug-likeness (QED) is 0.0651. The van der Waals surface area contributed by atoms with Crippen molar-refractivity contribution in [2.75, 3.05) is 39.6 Å². The first-order valence-electron chi connectivity index (χ1n) is 16.1. The first-order chi connectivity index (χ1) is 20.5. The van der Waals surface area contributed by atoms with Crippen LogP contribution in [0.3, 0.4) is 0 Å². The molecule has 3 fully saturated rings. The van der Waals surface area contributed by atoms with Gasteiger partial charge in [-0.05, 0) is 95.3 Å². The molecule has 0 N–H and O–H groups in total. The van der Waals surface area contributed by atoms with Gasteiger partial charge in [0.15, 0.2) is 0 Å². The Kier molecular flexibility index (Phi) is 16.0. The molecular formula is C33H52O9. The highest BCUT2D eigenvalue weighted by Gasteiger charge is 2.33. The third kappa shape index (κ3) is 12.9. The fourth-order valence-corrected chi connectivity index (χ4v) is 6.12. The van der Waals surface area contributed by atoms with Crippen LogP contribution in [0.15, 0.2) is 25.5 Å². The number of rotatable bonds is 18. The minimum atomic E-state index is -0.375. The molecule has 0 spiro atoms. The highest BCUT2D eigenvalue weighted by molar-refractivity contribution is 5.81. The van der Waals surface area contributed by atoms with Crippen LogP contribution in [0.2, 0.25) is 0 Å². The van der Waals surface area contributed by atoms with Crippen molar-refractivity contribution in [3.8, 4) is 0 Å². The van der Waals surface area contributed by atoms with Crippen molar-refractivity contribution in [2.45, 2.75) is 102 Å². The summed E-state index contributed by atoms with van der Waals surface area (Å²) in [5.74, 6) is -0.0214. The van der Waals surface area contributed by atoms with Gasteiger partial charge in [0.2, 0.25) is 0 Å². The summed E-state index contributed by atoms with van der Waals surface area (Å²) in [6, 6.07) is 0. The van der Waals surface area contributed by atoms with Gasteiger partial charge in [-0.2, -0.15) is 0 Å². The van der Waals surface area contributed by atoms with Crippen LogP contribution in [-0.4, -0.2) is 69.8 Å². The maximum absolute atomic E-state index is 12.8. The Hall–Kier alpha value is -2.39. The highest BCUT2D eigenvalue weighted by Crippen LogP contribution is 2.33. The first kappa shape index (κ1) is 34.1. The zero-order valence-corrected chi connectivity index (χ0v) is 25.3. The summed E-state index contributed by atoms with van der Waals surface area (Å²) in [6.45, 7) is 10.5. The van der Waals surface area contributed by atoms with E-state index < -0.39 is 0 Å². The summed E-state index contributed by atoms with van der Waals surface area (Å²) in [6.07, 6.45) is 14.5. The van der Waals surface area contributed by atoms with Crippen molar-refractivity contribution in [1.29, 1.82) is 0 Å². The molecule has 3 aliphatic carbocycles. The maximum atomic E-state index is 12.8. The fraction of sp³-hybridized carbons (Fsp3) is 0.788. The van der Waals surface area contributed by atoms with Crippen LogP contribution in [0.25, 0.3) is 0 Å². The van der Waals surface area contributed by atoms with Crippen molar-refractivity contribution < 1.29 is 42.8 Å². The molecule has 0 heterocycles. The summed E-state index contributed by atoms with van der Waals surface area (Å²) in [5.41, 5.74) is 0. The lowest BCUT2D eigenvalue weighted by Crippen LogP contribution is -2.33. The fourth-order valence-electron chi connectivity index (χ4n) is 6.12. The van der Waals surface area contributed by atoms with Crippen molar-refractivity contribution in [3.05, 3.63) is 25.5 Å². The normalized spacial score (nSPS) is 27.8. The van der Waals surface area contributed by atoms with E-state index in [0.29, 0.717) is 77.2 Å². The van der Waals surface area contributed by atoms with E-state index in [1.807, 2.05) is 0 Å². The second kappa shape index (κ2) is 19.7. The Bertz CT molecular complexity index is 819. The number of hydrogen-bond acceptors (Lipinski definition) is 9. The molecule has 0 aromatic carbocycles. The van der Waals surface area contributed by atoms with Crippen LogP contribution in [0, 0.1) is 23.7 Å². The largest absolute Gasteiger partial charge is 0.502 e. The second-order valence-electron chi connectivity index (χ2n) is 12.0. The molecule has 238 valence electrons. The molecule has 3 rings (SSSR count). The van der Waals surface area contributed by atoms with E-state index in [1.165, 1.54) is 12.3 Å². The predicted molar refractivity (Wildman–Crippen MR) is 157 cm³/mol. The molecule has 0 bridgehead atoms. The zero-order chi connectivity index (χ0) is 30.0. The van der Waals surface area contributed by atoms with E-state index in [4.69, 9.17) is 28.4 Å². The van der Waals surface area contributed by atoms with E-state index in [0.717, 1.165) is 64.2 Å². The number of esters is 3. The smallest absolute Gasteiger partial charge is 0.330 e. The Balaban J connectivity index is 1.19. The van der Waals surface area contributed by atoms with Crippen molar-refractivity contribution in [3.63, 3.8) is 0 Å². The van der Waals surface area contributed by atoms with E-state index in [1.54, 1.807) is 0 Å². The van der Waals surface area contributed by atoms with Gasteiger partial charge in [-0.1, -0.05) is 13.2 Å². The maximum Gasteiger partial charge on any atom is 0.330 e. The van der Waals surface area contributed by atoms with Gasteiger partial charge in [0.1, 0.15) is 6.10 Å². The Morgan fingerprint density at radius 2 is 1.17 bits per heavy atom. The van der Waals surface area contributed by atoms with Crippen molar-refractivity contribution in [1.82, 2.24) is 0 Å². The third-order valence-electron chi connectivity index (χ3n) is 8.81. The lowest BCUT2D eigenvalue weighted by molar-refractivity contribution is -0.160. The molecule has 0 aromatic rings. The zero-order valence-electron chi connectivity index (χ0n) is 25.3. The Morgan fingerprint density at radius 3 is 1.76 bits per heavy atom. The molecule has 0 aliphatic heterocycles. The monoisotopic (exact) mass is 592 g/mol. The molecule has 0 amide bonds. The molecule has 0 radical (unpaired) electrons. The molecule has 3 saturated carbocycles. The third-order valence-corrected chi connectivity index (χ3v) is 8.81. The van der Waals surface area contributed by atoms with Crippen LogP contribution >= 0.6 is 0 Å². The van der Waals surface area contributed by atoms with E-state index >= 15 is 0 Å². The van der Waals surface area contributed by atoms with Gasteiger partial charge in [0.05, 0.1) is 44.0 Å². The van der Waals surface area contributed by atoms with Gasteiger partial charge in [-0.3, -0.25) is 9.59 Å². The van der Waals surface area contributed by atoms with Gasteiger partial charge >= 0.3 is 17.9 Å². The van der Waals surface area contributed by atoms with Crippen molar-refractivity contribution in [2.24, 2.45) is 23.7 Å². The Morgan fingerprint density at radius 1 is 0.619 bits per heavy atom. The molecule has 42 heavy (non-hydrogen) atoms. The lowest BCUT2D eigenvalue weighted by atomic mass is 9.82. The average Bonchev–Trinajstić information content (AvgIpc) is 3.02. The molecule has 0 aromatic heterocycles. The highest BCUT2D eigenvalue weighted by atomic mass is 16.5. The average molecular weight is 593 g/mol. The summed E-state index contributed by atoms with van der Waals surface area (Å²) >= 11 is 0. The number of ether oxygens (including phenoxy) is 6. The molecule has 9 heteroatoms. The number of carbonyl (C=O) groups excluding carboxylic acids is 3. The predicted octanol–water partition coefficient (Wildman–Crippen LogP) is 5.70. The van der Waals surface area contributed by atoms with Gasteiger partial charge in [-0.15, -0.1) is 0 Å². The topological polar surface area (TPSA) is 107 Å². The summed E-state index contributed by atoms with van der Waals surface area (Å²) in [4.78, 5) is 36.7. The first-order valence-corrected chi connectivity index (χ1v) is 16.1. The minimum Gasteiger partial charge on any atom is -0.502 e. The molecular weight excluding hydrogens is 540 g/mol. The summed E-state index contributed by atoms with van der Waals surface area (Å²) in [7, 11) is 0. The van der Waals surface area contributed by atoms with Crippen LogP contribution < -0.4 is 0 Å². The van der Waals surface area contributed by atoms with Crippen molar-refractivity contribution >= 4 is 17.9 Å². The SMILES string of the molecule is C=COCCCOCCCOC1CCC(C(=O)OC2CCC(C(=O)OCC3CCC(COC(=O)C=C)CC3)CC2)CC1. The van der Waals surface area contributed by atoms with Crippen LogP contribution in [0.5, 0.6) is 0 Å². The van der Waals surface area contributed by atoms with E-state index in [2.05, 4.69) is 13.2 Å². The second-order valence-corrected chi connectivity index (χ2v) is 12.0. The van der Waals surface area contributed by atoms with Gasteiger partial charge in [0, 0.05) is 32.3 Å².